The zero-order valence-electron chi connectivity index (χ0n) is 18.7. The van der Waals surface area contributed by atoms with Gasteiger partial charge >= 0.3 is 11.7 Å². The molecule has 1 aliphatic heterocycles. The van der Waals surface area contributed by atoms with Crippen LogP contribution < -0.4 is 11.1 Å². The predicted octanol–water partition coefficient (Wildman–Crippen LogP) is 3.09. The van der Waals surface area contributed by atoms with Gasteiger partial charge in [0.2, 0.25) is 5.91 Å². The first kappa shape index (κ1) is 24.0. The molecule has 0 radical (unpaired) electrons. The van der Waals surface area contributed by atoms with Gasteiger partial charge in [-0.05, 0) is 62.0 Å². The maximum atomic E-state index is 13.6. The average Bonchev–Trinajstić information content (AvgIpc) is 3.36. The van der Waals surface area contributed by atoms with Gasteiger partial charge in [0.1, 0.15) is 6.54 Å². The number of hydrogen-bond acceptors (Lipinski definition) is 5. The van der Waals surface area contributed by atoms with Crippen molar-refractivity contribution in [3.05, 3.63) is 70.2 Å². The average molecular weight is 486 g/mol. The van der Waals surface area contributed by atoms with Crippen LogP contribution in [0.25, 0.3) is 11.1 Å². The van der Waals surface area contributed by atoms with Gasteiger partial charge in [0.25, 0.3) is 0 Å². The second-order valence-corrected chi connectivity index (χ2v) is 9.06. The van der Waals surface area contributed by atoms with E-state index in [0.29, 0.717) is 23.9 Å². The number of aliphatic carboxylic acids is 1. The summed E-state index contributed by atoms with van der Waals surface area (Å²) in [7, 11) is 0. The molecular weight excluding hydrogens is 458 g/mol. The minimum Gasteiger partial charge on any atom is -0.480 e. The van der Waals surface area contributed by atoms with E-state index in [2.05, 4.69) is 10.2 Å². The number of nitrogens with one attached hydrogen (secondary N) is 1. The van der Waals surface area contributed by atoms with Crippen molar-refractivity contribution in [1.82, 2.24) is 14.8 Å². The van der Waals surface area contributed by atoms with E-state index >= 15 is 0 Å². The lowest BCUT2D eigenvalue weighted by Gasteiger charge is -2.27. The number of carboxylic acid groups (broad SMARTS) is 1. The van der Waals surface area contributed by atoms with Crippen molar-refractivity contribution in [3.63, 3.8) is 0 Å². The smallest absolute Gasteiger partial charge is 0.420 e. The van der Waals surface area contributed by atoms with Crippen LogP contribution in [-0.2, 0) is 21.5 Å². The minimum atomic E-state index is -1.13. The molecule has 1 saturated carbocycles. The van der Waals surface area contributed by atoms with Crippen LogP contribution in [0.3, 0.4) is 0 Å². The zero-order chi connectivity index (χ0) is 23.0. The van der Waals surface area contributed by atoms with Crippen molar-refractivity contribution in [2.24, 2.45) is 0 Å². The van der Waals surface area contributed by atoms with E-state index in [1.165, 1.54) is 12.8 Å². The third kappa shape index (κ3) is 4.60. The van der Waals surface area contributed by atoms with E-state index in [1.807, 2.05) is 30.3 Å². The number of fused-ring (bicyclic) bond motifs is 1. The quantitative estimate of drug-likeness (QED) is 0.508. The lowest BCUT2D eigenvalue weighted by Crippen LogP contribution is -2.41. The Morgan fingerprint density at radius 3 is 2.44 bits per heavy atom. The van der Waals surface area contributed by atoms with Gasteiger partial charge in [-0.15, -0.1) is 12.4 Å². The number of aromatic nitrogens is 1. The zero-order valence-corrected chi connectivity index (χ0v) is 19.6. The van der Waals surface area contributed by atoms with Gasteiger partial charge in [-0.2, -0.15) is 0 Å². The minimum absolute atomic E-state index is 0. The van der Waals surface area contributed by atoms with Crippen molar-refractivity contribution >= 4 is 35.4 Å². The van der Waals surface area contributed by atoms with E-state index < -0.39 is 23.7 Å². The number of halogens is 1. The number of benzene rings is 2. The summed E-state index contributed by atoms with van der Waals surface area (Å²) in [4.78, 5) is 39.3. The Morgan fingerprint density at radius 1 is 1.09 bits per heavy atom. The van der Waals surface area contributed by atoms with Crippen molar-refractivity contribution in [2.75, 3.05) is 19.6 Å². The van der Waals surface area contributed by atoms with Crippen molar-refractivity contribution < 1.29 is 19.1 Å². The Balaban J connectivity index is 0.00000274. The summed E-state index contributed by atoms with van der Waals surface area (Å²) < 4.78 is 6.28. The summed E-state index contributed by atoms with van der Waals surface area (Å²) in [5, 5.41) is 12.4. The second kappa shape index (κ2) is 9.64. The van der Waals surface area contributed by atoms with Gasteiger partial charge in [0.15, 0.2) is 5.58 Å². The van der Waals surface area contributed by atoms with E-state index in [1.54, 1.807) is 18.2 Å². The molecule has 2 N–H and O–H groups in total. The highest BCUT2D eigenvalue weighted by Crippen LogP contribution is 2.49. The number of carbonyl (C=O) groups excluding carboxylic acids is 1. The fourth-order valence-electron chi connectivity index (χ4n) is 4.86. The lowest BCUT2D eigenvalue weighted by atomic mass is 9.93. The number of carboxylic acids is 1. The third-order valence-corrected chi connectivity index (χ3v) is 6.84. The Morgan fingerprint density at radius 2 is 1.79 bits per heavy atom. The van der Waals surface area contributed by atoms with Crippen LogP contribution in [0.15, 0.2) is 57.7 Å². The van der Waals surface area contributed by atoms with Crippen LogP contribution in [0.1, 0.15) is 42.9 Å². The largest absolute Gasteiger partial charge is 0.480 e. The summed E-state index contributed by atoms with van der Waals surface area (Å²) in [5.74, 6) is -1.88. The van der Waals surface area contributed by atoms with Gasteiger partial charge in [-0.3, -0.25) is 14.2 Å². The molecular formula is C25H28ClN3O5. The van der Waals surface area contributed by atoms with E-state index in [-0.39, 0.29) is 24.4 Å². The molecule has 2 aromatic carbocycles. The van der Waals surface area contributed by atoms with Crippen LogP contribution in [0.2, 0.25) is 0 Å². The molecule has 1 saturated heterocycles. The summed E-state index contributed by atoms with van der Waals surface area (Å²) in [6.45, 7) is 2.37. The highest BCUT2D eigenvalue weighted by atomic mass is 35.5. The van der Waals surface area contributed by atoms with Crippen molar-refractivity contribution in [1.29, 1.82) is 0 Å². The molecule has 9 heteroatoms. The maximum absolute atomic E-state index is 13.6. The first-order chi connectivity index (χ1) is 16.0. The summed E-state index contributed by atoms with van der Waals surface area (Å²) in [6, 6.07) is 15.1. The highest BCUT2D eigenvalue weighted by Gasteiger charge is 2.52. The molecule has 0 spiro atoms. The molecule has 1 aromatic heterocycles. The second-order valence-electron chi connectivity index (χ2n) is 9.06. The Bertz CT molecular complexity index is 1240. The first-order valence-corrected chi connectivity index (χ1v) is 11.4. The summed E-state index contributed by atoms with van der Waals surface area (Å²) >= 11 is 0. The molecule has 2 fully saturated rings. The summed E-state index contributed by atoms with van der Waals surface area (Å²) in [5.41, 5.74) is 1.90. The van der Waals surface area contributed by atoms with Crippen LogP contribution in [-0.4, -0.2) is 46.1 Å². The normalized spacial score (nSPS) is 17.8. The molecule has 8 nitrogen and oxygen atoms in total. The van der Waals surface area contributed by atoms with Crippen LogP contribution >= 0.6 is 12.4 Å². The SMILES string of the molecule is Cl.O=C(O)Cn1c(=O)oc2ccc(C3(C(=O)NC(CN4CCCC4)c4ccccc4)CC3)cc21. The number of rotatable bonds is 8. The molecule has 2 heterocycles. The number of likely N-dealkylation sites (tertiary alicyclic amines) is 1. The number of nitrogens with zero attached hydrogens (tertiary/aromatic N) is 2. The number of oxazole rings is 1. The summed E-state index contributed by atoms with van der Waals surface area (Å²) in [6.07, 6.45) is 3.78. The van der Waals surface area contributed by atoms with Crippen LogP contribution in [0.4, 0.5) is 0 Å². The molecule has 2 aliphatic rings. The molecule has 5 rings (SSSR count). The molecule has 1 amide bonds. The Labute approximate surface area is 203 Å². The highest BCUT2D eigenvalue weighted by molar-refractivity contribution is 5.92. The standard InChI is InChI=1S/C25H27N3O5.ClH/c29-22(30)16-28-20-14-18(8-9-21(20)33-24(28)32)25(10-11-25)23(31)26-19(15-27-12-4-5-13-27)17-6-2-1-3-7-17;/h1-3,6-9,14,19H,4-5,10-13,15-16H2,(H,26,31)(H,29,30);1H. The molecule has 0 bridgehead atoms. The molecule has 1 unspecified atom stereocenters. The molecule has 1 aliphatic carbocycles. The van der Waals surface area contributed by atoms with Gasteiger partial charge in [0, 0.05) is 6.54 Å². The molecule has 180 valence electrons. The van der Waals surface area contributed by atoms with Crippen LogP contribution in [0.5, 0.6) is 0 Å². The van der Waals surface area contributed by atoms with E-state index in [9.17, 15) is 14.4 Å². The maximum Gasteiger partial charge on any atom is 0.420 e. The molecule has 34 heavy (non-hydrogen) atoms. The van der Waals surface area contributed by atoms with Gasteiger partial charge in [0.05, 0.1) is 17.0 Å². The predicted molar refractivity (Wildman–Crippen MR) is 129 cm³/mol. The number of hydrogen-bond donors (Lipinski definition) is 2. The number of amides is 1. The fraction of sp³-hybridized carbons (Fsp3) is 0.400. The lowest BCUT2D eigenvalue weighted by molar-refractivity contribution is -0.137. The Kier molecular flexibility index (Phi) is 6.81. The van der Waals surface area contributed by atoms with Crippen molar-refractivity contribution in [2.45, 2.75) is 43.7 Å². The molecule has 1 atom stereocenters. The third-order valence-electron chi connectivity index (χ3n) is 6.84. The first-order valence-electron chi connectivity index (χ1n) is 11.4. The van der Waals surface area contributed by atoms with E-state index in [4.69, 9.17) is 9.52 Å². The van der Waals surface area contributed by atoms with Crippen molar-refractivity contribution in [3.8, 4) is 0 Å². The number of carbonyl (C=O) groups is 2. The van der Waals surface area contributed by atoms with Gasteiger partial charge in [-0.25, -0.2) is 4.79 Å². The van der Waals surface area contributed by atoms with E-state index in [0.717, 1.165) is 35.3 Å². The van der Waals surface area contributed by atoms with Crippen LogP contribution in [0, 0.1) is 0 Å². The Hall–Kier alpha value is -3.10. The van der Waals surface area contributed by atoms with Gasteiger partial charge in [-0.1, -0.05) is 36.4 Å². The van der Waals surface area contributed by atoms with Gasteiger partial charge < -0.3 is 19.7 Å². The topological polar surface area (TPSA) is 105 Å². The monoisotopic (exact) mass is 485 g/mol. The molecule has 3 aromatic rings. The fourth-order valence-corrected chi connectivity index (χ4v) is 4.86.